The Morgan fingerprint density at radius 1 is 1.47 bits per heavy atom. The molecule has 2 heterocycles. The Hall–Kier alpha value is -1.66. The molecule has 102 valence electrons. The molecule has 0 aliphatic heterocycles. The van der Waals surface area contributed by atoms with Crippen LogP contribution in [0.3, 0.4) is 0 Å². The van der Waals surface area contributed by atoms with Crippen molar-refractivity contribution in [1.29, 1.82) is 0 Å². The summed E-state index contributed by atoms with van der Waals surface area (Å²) >= 11 is 1.40. The summed E-state index contributed by atoms with van der Waals surface area (Å²) in [6.07, 6.45) is 1.80. The molecule has 2 aromatic heterocycles. The average Bonchev–Trinajstić information content (AvgIpc) is 3.02. The van der Waals surface area contributed by atoms with Gasteiger partial charge in [0.05, 0.1) is 0 Å². The molecule has 2 aromatic rings. The van der Waals surface area contributed by atoms with Gasteiger partial charge in [0.2, 0.25) is 0 Å². The Bertz CT molecular complexity index is 548. The van der Waals surface area contributed by atoms with Crippen LogP contribution in [0.5, 0.6) is 0 Å². The summed E-state index contributed by atoms with van der Waals surface area (Å²) in [4.78, 5) is 16.1. The fourth-order valence-electron chi connectivity index (χ4n) is 1.60. The number of nitrogens with zero attached hydrogens (tertiary/aromatic N) is 1. The topological polar surface area (TPSA) is 81.2 Å². The van der Waals surface area contributed by atoms with Crippen molar-refractivity contribution in [3.63, 3.8) is 0 Å². The number of carbonyl (C=O) groups excluding carboxylic acids is 1. The highest BCUT2D eigenvalue weighted by Crippen LogP contribution is 2.25. The fourth-order valence-corrected chi connectivity index (χ4v) is 2.36. The highest BCUT2D eigenvalue weighted by molar-refractivity contribution is 7.13. The minimum atomic E-state index is -0.150. The molecule has 0 unspecified atom stereocenters. The van der Waals surface area contributed by atoms with E-state index in [-0.39, 0.29) is 5.91 Å². The maximum Gasteiger partial charge on any atom is 0.270 e. The molecule has 3 N–H and O–H groups in total. The van der Waals surface area contributed by atoms with Crippen LogP contribution in [0.1, 0.15) is 29.1 Å². The van der Waals surface area contributed by atoms with E-state index in [2.05, 4.69) is 10.3 Å². The van der Waals surface area contributed by atoms with E-state index in [4.69, 9.17) is 10.2 Å². The number of hydrogen-bond acceptors (Lipinski definition) is 5. The van der Waals surface area contributed by atoms with Gasteiger partial charge < -0.3 is 15.5 Å². The summed E-state index contributed by atoms with van der Waals surface area (Å²) < 4.78 is 5.48. The average molecular weight is 279 g/mol. The van der Waals surface area contributed by atoms with Crippen LogP contribution in [-0.4, -0.2) is 24.0 Å². The van der Waals surface area contributed by atoms with Gasteiger partial charge in [-0.2, -0.15) is 0 Å². The minimum Gasteiger partial charge on any atom is -0.459 e. The normalized spacial score (nSPS) is 10.6. The van der Waals surface area contributed by atoms with Crippen molar-refractivity contribution < 1.29 is 9.21 Å². The third-order valence-electron chi connectivity index (χ3n) is 2.60. The van der Waals surface area contributed by atoms with Crippen LogP contribution in [0.2, 0.25) is 0 Å². The highest BCUT2D eigenvalue weighted by atomic mass is 32.1. The fraction of sp³-hybridized carbons (Fsp3) is 0.385. The maximum atomic E-state index is 11.8. The van der Waals surface area contributed by atoms with Crippen molar-refractivity contribution in [2.75, 3.05) is 13.1 Å². The largest absolute Gasteiger partial charge is 0.459 e. The number of amides is 1. The van der Waals surface area contributed by atoms with Gasteiger partial charge in [0.15, 0.2) is 10.8 Å². The van der Waals surface area contributed by atoms with Gasteiger partial charge in [0.25, 0.3) is 5.91 Å². The maximum absolute atomic E-state index is 11.8. The molecule has 0 aliphatic rings. The Balaban J connectivity index is 1.95. The first-order chi connectivity index (χ1) is 9.20. The van der Waals surface area contributed by atoms with Crippen molar-refractivity contribution in [1.82, 2.24) is 10.3 Å². The molecule has 19 heavy (non-hydrogen) atoms. The Morgan fingerprint density at radius 3 is 3.00 bits per heavy atom. The van der Waals surface area contributed by atoms with E-state index in [0.717, 1.165) is 23.6 Å². The molecule has 5 nitrogen and oxygen atoms in total. The third kappa shape index (κ3) is 3.65. The summed E-state index contributed by atoms with van der Waals surface area (Å²) in [6.45, 7) is 3.15. The number of rotatable bonds is 6. The standard InChI is InChI=1S/C13H17N3O2S/c1-9-4-5-11(18-9)13-16-10(8-19-13)12(17)15-7-3-2-6-14/h4-5,8H,2-3,6-7,14H2,1H3,(H,15,17). The zero-order valence-electron chi connectivity index (χ0n) is 10.8. The van der Waals surface area contributed by atoms with E-state index in [1.54, 1.807) is 5.38 Å². The first-order valence-electron chi connectivity index (χ1n) is 6.21. The van der Waals surface area contributed by atoms with Gasteiger partial charge >= 0.3 is 0 Å². The molecule has 0 aromatic carbocycles. The van der Waals surface area contributed by atoms with Crippen LogP contribution in [0.15, 0.2) is 21.9 Å². The number of aromatic nitrogens is 1. The molecule has 0 atom stereocenters. The highest BCUT2D eigenvalue weighted by Gasteiger charge is 2.13. The number of furan rings is 1. The molecular formula is C13H17N3O2S. The predicted molar refractivity (Wildman–Crippen MR) is 75.2 cm³/mol. The van der Waals surface area contributed by atoms with Crippen molar-refractivity contribution in [3.05, 3.63) is 29.0 Å². The molecule has 2 rings (SSSR count). The molecule has 0 spiro atoms. The minimum absolute atomic E-state index is 0.150. The number of nitrogens with two attached hydrogens (primary N) is 1. The molecule has 0 bridgehead atoms. The van der Waals surface area contributed by atoms with Crippen LogP contribution in [0.25, 0.3) is 10.8 Å². The van der Waals surface area contributed by atoms with Crippen molar-refractivity contribution in [2.24, 2.45) is 5.73 Å². The lowest BCUT2D eigenvalue weighted by Gasteiger charge is -2.01. The number of unbranched alkanes of at least 4 members (excludes halogenated alkanes) is 1. The first-order valence-corrected chi connectivity index (χ1v) is 7.09. The van der Waals surface area contributed by atoms with Crippen LogP contribution in [0.4, 0.5) is 0 Å². The second kappa shape index (κ2) is 6.49. The number of nitrogens with one attached hydrogen (secondary N) is 1. The van der Waals surface area contributed by atoms with Crippen molar-refractivity contribution in [2.45, 2.75) is 19.8 Å². The smallest absolute Gasteiger partial charge is 0.270 e. The van der Waals surface area contributed by atoms with E-state index < -0.39 is 0 Å². The molecule has 1 amide bonds. The lowest BCUT2D eigenvalue weighted by Crippen LogP contribution is -2.25. The first kappa shape index (κ1) is 13.8. The summed E-state index contributed by atoms with van der Waals surface area (Å²) in [6, 6.07) is 3.74. The zero-order chi connectivity index (χ0) is 13.7. The second-order valence-electron chi connectivity index (χ2n) is 4.20. The number of aryl methyl sites for hydroxylation is 1. The van der Waals surface area contributed by atoms with Gasteiger partial charge in [-0.05, 0) is 38.4 Å². The number of thiazole rings is 1. The molecular weight excluding hydrogens is 262 g/mol. The molecule has 0 saturated heterocycles. The van der Waals surface area contributed by atoms with Gasteiger partial charge in [-0.1, -0.05) is 0 Å². The van der Waals surface area contributed by atoms with Crippen LogP contribution in [0, 0.1) is 6.92 Å². The van der Waals surface area contributed by atoms with Crippen LogP contribution in [-0.2, 0) is 0 Å². The summed E-state index contributed by atoms with van der Waals surface area (Å²) in [5.74, 6) is 1.38. The SMILES string of the molecule is Cc1ccc(-c2nc(C(=O)NCCCCN)cs2)o1. The monoisotopic (exact) mass is 279 g/mol. The van der Waals surface area contributed by atoms with E-state index in [9.17, 15) is 4.79 Å². The van der Waals surface area contributed by atoms with Gasteiger partial charge in [0.1, 0.15) is 11.5 Å². The third-order valence-corrected chi connectivity index (χ3v) is 3.46. The Kier molecular flexibility index (Phi) is 4.70. The van der Waals surface area contributed by atoms with Crippen LogP contribution >= 0.6 is 11.3 Å². The van der Waals surface area contributed by atoms with Gasteiger partial charge in [-0.25, -0.2) is 4.98 Å². The van der Waals surface area contributed by atoms with Gasteiger partial charge in [-0.15, -0.1) is 11.3 Å². The number of hydrogen-bond donors (Lipinski definition) is 2. The van der Waals surface area contributed by atoms with E-state index in [1.807, 2.05) is 19.1 Å². The van der Waals surface area contributed by atoms with E-state index >= 15 is 0 Å². The summed E-state index contributed by atoms with van der Waals surface area (Å²) in [5, 5.41) is 5.29. The lowest BCUT2D eigenvalue weighted by atomic mass is 10.3. The van der Waals surface area contributed by atoms with E-state index in [0.29, 0.717) is 24.5 Å². The zero-order valence-corrected chi connectivity index (χ0v) is 11.6. The molecule has 0 fully saturated rings. The predicted octanol–water partition coefficient (Wildman–Crippen LogP) is 2.18. The Labute approximate surface area is 115 Å². The molecule has 6 heteroatoms. The molecule has 0 saturated carbocycles. The molecule has 0 radical (unpaired) electrons. The van der Waals surface area contributed by atoms with Crippen LogP contribution < -0.4 is 11.1 Å². The van der Waals surface area contributed by atoms with Gasteiger partial charge in [0, 0.05) is 11.9 Å². The van der Waals surface area contributed by atoms with Crippen molar-refractivity contribution >= 4 is 17.2 Å². The van der Waals surface area contributed by atoms with Crippen molar-refractivity contribution in [3.8, 4) is 10.8 Å². The lowest BCUT2D eigenvalue weighted by molar-refractivity contribution is 0.0949. The number of carbonyl (C=O) groups is 1. The summed E-state index contributed by atoms with van der Waals surface area (Å²) in [5.41, 5.74) is 5.82. The van der Waals surface area contributed by atoms with E-state index in [1.165, 1.54) is 11.3 Å². The van der Waals surface area contributed by atoms with Gasteiger partial charge in [-0.3, -0.25) is 4.79 Å². The second-order valence-corrected chi connectivity index (χ2v) is 5.06. The Morgan fingerprint density at radius 2 is 2.32 bits per heavy atom. The quantitative estimate of drug-likeness (QED) is 0.794. The summed E-state index contributed by atoms with van der Waals surface area (Å²) in [7, 11) is 0. The molecule has 0 aliphatic carbocycles.